The Bertz CT molecular complexity index is 1160. The van der Waals surface area contributed by atoms with Gasteiger partial charge in [-0.15, -0.1) is 0 Å². The van der Waals surface area contributed by atoms with Gasteiger partial charge in [-0.05, 0) is 36.8 Å². The Morgan fingerprint density at radius 3 is 2.67 bits per heavy atom. The summed E-state index contributed by atoms with van der Waals surface area (Å²) in [6.07, 6.45) is 2.26. The minimum absolute atomic E-state index is 0.142. The number of pyridine rings is 1. The van der Waals surface area contributed by atoms with Gasteiger partial charge in [-0.1, -0.05) is 0 Å². The second-order valence-corrected chi connectivity index (χ2v) is 6.97. The van der Waals surface area contributed by atoms with Crippen LogP contribution in [0.1, 0.15) is 44.5 Å². The van der Waals surface area contributed by atoms with E-state index in [-0.39, 0.29) is 23.7 Å². The van der Waals surface area contributed by atoms with Gasteiger partial charge in [-0.25, -0.2) is 0 Å². The van der Waals surface area contributed by atoms with E-state index < -0.39 is 11.5 Å². The van der Waals surface area contributed by atoms with Gasteiger partial charge in [0.2, 0.25) is 0 Å². The topological polar surface area (TPSA) is 111 Å². The highest BCUT2D eigenvalue weighted by atomic mass is 16.5. The molecule has 1 atom stereocenters. The van der Waals surface area contributed by atoms with Crippen LogP contribution < -0.4 is 20.3 Å². The number of hydrogen-bond acceptors (Lipinski definition) is 6. The zero-order chi connectivity index (χ0) is 21.3. The summed E-state index contributed by atoms with van der Waals surface area (Å²) in [6, 6.07) is 9.85. The monoisotopic (exact) mass is 408 g/mol. The van der Waals surface area contributed by atoms with E-state index in [2.05, 4.69) is 10.3 Å². The summed E-state index contributed by atoms with van der Waals surface area (Å²) in [4.78, 5) is 40.8. The van der Waals surface area contributed by atoms with Gasteiger partial charge in [-0.3, -0.25) is 14.4 Å². The van der Waals surface area contributed by atoms with Crippen molar-refractivity contribution >= 4 is 17.4 Å². The van der Waals surface area contributed by atoms with Gasteiger partial charge in [0.1, 0.15) is 22.8 Å². The van der Waals surface area contributed by atoms with E-state index in [1.807, 2.05) is 6.07 Å². The van der Waals surface area contributed by atoms with Crippen LogP contribution >= 0.6 is 0 Å². The Morgan fingerprint density at radius 1 is 1.13 bits per heavy atom. The van der Waals surface area contributed by atoms with Crippen LogP contribution in [0, 0.1) is 0 Å². The number of nitrogens with one attached hydrogen (secondary N) is 2. The van der Waals surface area contributed by atoms with Crippen LogP contribution in [0.25, 0.3) is 0 Å². The van der Waals surface area contributed by atoms with Crippen molar-refractivity contribution in [2.45, 2.75) is 18.8 Å². The summed E-state index contributed by atoms with van der Waals surface area (Å²) in [5, 5.41) is 2.66. The second kappa shape index (κ2) is 7.90. The quantitative estimate of drug-likeness (QED) is 0.671. The van der Waals surface area contributed by atoms with E-state index >= 15 is 0 Å². The number of ketones is 1. The molecule has 0 bridgehead atoms. The maximum atomic E-state index is 12.8. The van der Waals surface area contributed by atoms with Crippen molar-refractivity contribution in [1.82, 2.24) is 4.98 Å². The third-order valence-corrected chi connectivity index (χ3v) is 5.15. The minimum atomic E-state index is -0.647. The SMILES string of the molecule is COc1ccc(OC)c(NC(=O)c2cc3c([nH]c2=O)CC(c2ccco2)CC3=O)c1. The molecular weight excluding hydrogens is 388 g/mol. The molecule has 8 heteroatoms. The first-order valence-electron chi connectivity index (χ1n) is 9.36. The van der Waals surface area contributed by atoms with Crippen LogP contribution in [0.3, 0.4) is 0 Å². The van der Waals surface area contributed by atoms with Gasteiger partial charge >= 0.3 is 0 Å². The fourth-order valence-corrected chi connectivity index (χ4v) is 3.63. The van der Waals surface area contributed by atoms with E-state index in [9.17, 15) is 14.4 Å². The Hall–Kier alpha value is -3.81. The van der Waals surface area contributed by atoms with E-state index in [1.54, 1.807) is 30.5 Å². The van der Waals surface area contributed by atoms with Crippen molar-refractivity contribution in [3.63, 3.8) is 0 Å². The number of amides is 1. The third kappa shape index (κ3) is 3.59. The second-order valence-electron chi connectivity index (χ2n) is 6.97. The summed E-state index contributed by atoms with van der Waals surface area (Å²) >= 11 is 0. The predicted octanol–water partition coefficient (Wildman–Crippen LogP) is 3.15. The molecule has 2 aromatic heterocycles. The van der Waals surface area contributed by atoms with E-state index in [0.29, 0.717) is 40.6 Å². The van der Waals surface area contributed by atoms with Gasteiger partial charge in [0.15, 0.2) is 5.78 Å². The van der Waals surface area contributed by atoms with Gasteiger partial charge in [0.05, 0.1) is 26.2 Å². The number of methoxy groups -OCH3 is 2. The molecule has 4 rings (SSSR count). The maximum Gasteiger partial charge on any atom is 0.261 e. The van der Waals surface area contributed by atoms with Crippen LogP contribution in [0.4, 0.5) is 5.69 Å². The first kappa shape index (κ1) is 19.5. The predicted molar refractivity (Wildman–Crippen MR) is 109 cm³/mol. The lowest BCUT2D eigenvalue weighted by Gasteiger charge is -2.22. The number of aromatic amines is 1. The molecule has 1 aliphatic carbocycles. The molecular formula is C22H20N2O6. The molecule has 1 amide bonds. The smallest absolute Gasteiger partial charge is 0.261 e. The molecule has 0 saturated heterocycles. The van der Waals surface area contributed by atoms with Gasteiger partial charge in [0.25, 0.3) is 11.5 Å². The zero-order valence-corrected chi connectivity index (χ0v) is 16.5. The number of rotatable bonds is 5. The van der Waals surface area contributed by atoms with E-state index in [4.69, 9.17) is 13.9 Å². The Labute approximate surface area is 171 Å². The molecule has 0 aliphatic heterocycles. The number of Topliss-reactive ketones (excluding diaryl/α,β-unsaturated/α-hetero) is 1. The number of ether oxygens (including phenoxy) is 2. The average Bonchev–Trinajstić information content (AvgIpc) is 3.28. The number of carbonyl (C=O) groups excluding carboxylic acids is 2. The minimum Gasteiger partial charge on any atom is -0.497 e. The molecule has 1 aromatic carbocycles. The highest BCUT2D eigenvalue weighted by molar-refractivity contribution is 6.07. The van der Waals surface area contributed by atoms with E-state index in [0.717, 1.165) is 0 Å². The molecule has 0 saturated carbocycles. The zero-order valence-electron chi connectivity index (χ0n) is 16.5. The van der Waals surface area contributed by atoms with Crippen molar-refractivity contribution in [1.29, 1.82) is 0 Å². The molecule has 1 aliphatic rings. The first-order chi connectivity index (χ1) is 14.5. The van der Waals surface area contributed by atoms with Crippen molar-refractivity contribution < 1.29 is 23.5 Å². The highest BCUT2D eigenvalue weighted by Gasteiger charge is 2.30. The average molecular weight is 408 g/mol. The Morgan fingerprint density at radius 2 is 1.97 bits per heavy atom. The Balaban J connectivity index is 1.64. The fourth-order valence-electron chi connectivity index (χ4n) is 3.63. The third-order valence-electron chi connectivity index (χ3n) is 5.15. The standard InChI is InChI=1S/C22H20N2O6/c1-28-13-5-6-20(29-2)17(10-13)24-22(27)15-11-14-16(23-21(15)26)8-12(9-18(14)25)19-4-3-7-30-19/h3-7,10-12H,8-9H2,1-2H3,(H,23,26)(H,24,27). The van der Waals surface area contributed by atoms with Crippen LogP contribution in [0.2, 0.25) is 0 Å². The Kier molecular flexibility index (Phi) is 5.14. The largest absolute Gasteiger partial charge is 0.497 e. The molecule has 8 nitrogen and oxygen atoms in total. The fraction of sp³-hybridized carbons (Fsp3) is 0.227. The summed E-state index contributed by atoms with van der Waals surface area (Å²) in [5.41, 5.74) is 0.487. The van der Waals surface area contributed by atoms with Crippen molar-refractivity contribution in [3.05, 3.63) is 75.6 Å². The van der Waals surface area contributed by atoms with Crippen molar-refractivity contribution in [3.8, 4) is 11.5 Å². The first-order valence-corrected chi connectivity index (χ1v) is 9.36. The number of benzene rings is 1. The molecule has 1 unspecified atom stereocenters. The molecule has 154 valence electrons. The number of carbonyl (C=O) groups is 2. The van der Waals surface area contributed by atoms with Crippen LogP contribution in [-0.4, -0.2) is 30.9 Å². The number of hydrogen-bond donors (Lipinski definition) is 2. The number of H-pyrrole nitrogens is 1. The molecule has 30 heavy (non-hydrogen) atoms. The van der Waals surface area contributed by atoms with E-state index in [1.165, 1.54) is 20.3 Å². The molecule has 2 N–H and O–H groups in total. The van der Waals surface area contributed by atoms with Gasteiger partial charge < -0.3 is 24.2 Å². The number of furan rings is 1. The summed E-state index contributed by atoms with van der Waals surface area (Å²) < 4.78 is 15.8. The number of fused-ring (bicyclic) bond motifs is 1. The van der Waals surface area contributed by atoms with Crippen molar-refractivity contribution in [2.75, 3.05) is 19.5 Å². The molecule has 2 heterocycles. The van der Waals surface area contributed by atoms with Gasteiger partial charge in [0, 0.05) is 29.7 Å². The molecule has 0 spiro atoms. The molecule has 3 aromatic rings. The van der Waals surface area contributed by atoms with Crippen LogP contribution in [0.5, 0.6) is 11.5 Å². The number of anilines is 1. The van der Waals surface area contributed by atoms with Crippen LogP contribution in [-0.2, 0) is 6.42 Å². The summed E-state index contributed by atoms with van der Waals surface area (Å²) in [5.74, 6) is 0.687. The lowest BCUT2D eigenvalue weighted by atomic mass is 9.84. The summed E-state index contributed by atoms with van der Waals surface area (Å²) in [7, 11) is 2.97. The summed E-state index contributed by atoms with van der Waals surface area (Å²) in [6.45, 7) is 0. The maximum absolute atomic E-state index is 12.8. The molecule has 0 radical (unpaired) electrons. The number of aromatic nitrogens is 1. The normalized spacial score (nSPS) is 15.4. The van der Waals surface area contributed by atoms with Gasteiger partial charge in [-0.2, -0.15) is 0 Å². The highest BCUT2D eigenvalue weighted by Crippen LogP contribution is 2.32. The van der Waals surface area contributed by atoms with Crippen molar-refractivity contribution in [2.24, 2.45) is 0 Å². The lowest BCUT2D eigenvalue weighted by molar-refractivity contribution is 0.0959. The molecule has 0 fully saturated rings. The lowest BCUT2D eigenvalue weighted by Crippen LogP contribution is -2.29. The van der Waals surface area contributed by atoms with Crippen LogP contribution in [0.15, 0.2) is 51.9 Å².